The minimum atomic E-state index is -1.65. The topological polar surface area (TPSA) is 29.5 Å². The first-order chi connectivity index (χ1) is 12.6. The van der Waals surface area contributed by atoms with E-state index in [0.717, 1.165) is 12.1 Å². The van der Waals surface area contributed by atoms with Crippen molar-refractivity contribution in [2.75, 3.05) is 6.61 Å². The highest BCUT2D eigenvalue weighted by atomic mass is 79.9. The minimum absolute atomic E-state index is 0.0668. The Morgan fingerprint density at radius 2 is 1.67 bits per heavy atom. The van der Waals surface area contributed by atoms with E-state index >= 15 is 0 Å². The van der Waals surface area contributed by atoms with Gasteiger partial charge in [-0.2, -0.15) is 0 Å². The number of aliphatic hydroxyl groups is 1. The lowest BCUT2D eigenvalue weighted by Gasteiger charge is -2.40. The van der Waals surface area contributed by atoms with Gasteiger partial charge < -0.3 is 9.84 Å². The Morgan fingerprint density at radius 3 is 2.30 bits per heavy atom. The number of aryl methyl sites for hydroxylation is 1. The van der Waals surface area contributed by atoms with E-state index in [1.807, 2.05) is 0 Å². The molecule has 0 saturated carbocycles. The molecule has 0 radical (unpaired) electrons. The standard InChI is InChI=1S/C20H19BrF4O2/c1-10-3-12(6-15(22)18(10)24)4-13-5-14(19(25)16(23)7-13)20(26)8-11(2)27-9-17(20)21/h3,5-7,11,17,26H,4,8-9H2,1-2H3. The van der Waals surface area contributed by atoms with Crippen molar-refractivity contribution in [1.29, 1.82) is 0 Å². The second-order valence-electron chi connectivity index (χ2n) is 7.06. The Hall–Kier alpha value is -1.44. The molecule has 2 aromatic rings. The lowest BCUT2D eigenvalue weighted by atomic mass is 9.82. The monoisotopic (exact) mass is 446 g/mol. The van der Waals surface area contributed by atoms with E-state index in [-0.39, 0.29) is 36.7 Å². The van der Waals surface area contributed by atoms with Crippen LogP contribution in [0, 0.1) is 30.2 Å². The molecule has 0 aromatic heterocycles. The molecule has 3 rings (SSSR count). The Balaban J connectivity index is 2.02. The molecule has 1 fully saturated rings. The van der Waals surface area contributed by atoms with Gasteiger partial charge in [-0.15, -0.1) is 0 Å². The average molecular weight is 447 g/mol. The van der Waals surface area contributed by atoms with Crippen molar-refractivity contribution in [1.82, 2.24) is 0 Å². The van der Waals surface area contributed by atoms with Gasteiger partial charge in [0.2, 0.25) is 0 Å². The molecule has 1 aliphatic rings. The van der Waals surface area contributed by atoms with Gasteiger partial charge in [-0.3, -0.25) is 0 Å². The molecule has 0 amide bonds. The Kier molecular flexibility index (Phi) is 5.66. The van der Waals surface area contributed by atoms with Crippen LogP contribution in [-0.4, -0.2) is 22.6 Å². The van der Waals surface area contributed by atoms with Crippen LogP contribution in [0.15, 0.2) is 24.3 Å². The molecule has 3 unspecified atom stereocenters. The maximum absolute atomic E-state index is 14.5. The predicted molar refractivity (Wildman–Crippen MR) is 96.9 cm³/mol. The first kappa shape index (κ1) is 20.3. The van der Waals surface area contributed by atoms with Gasteiger partial charge in [-0.25, -0.2) is 17.6 Å². The van der Waals surface area contributed by atoms with E-state index in [9.17, 15) is 22.7 Å². The summed E-state index contributed by atoms with van der Waals surface area (Å²) in [6.07, 6.45) is -0.173. The molecular formula is C20H19BrF4O2. The van der Waals surface area contributed by atoms with Crippen LogP contribution in [0.2, 0.25) is 0 Å². The Bertz CT molecular complexity index is 850. The fourth-order valence-electron chi connectivity index (χ4n) is 3.49. The second kappa shape index (κ2) is 7.53. The predicted octanol–water partition coefficient (Wildman–Crippen LogP) is 4.90. The highest BCUT2D eigenvalue weighted by Crippen LogP contribution is 2.41. The maximum atomic E-state index is 14.5. The molecule has 27 heavy (non-hydrogen) atoms. The lowest BCUT2D eigenvalue weighted by molar-refractivity contribution is -0.0951. The number of rotatable bonds is 3. The van der Waals surface area contributed by atoms with E-state index in [4.69, 9.17) is 4.74 Å². The van der Waals surface area contributed by atoms with E-state index < -0.39 is 33.7 Å². The van der Waals surface area contributed by atoms with E-state index in [2.05, 4.69) is 15.9 Å². The molecule has 146 valence electrons. The molecule has 2 aromatic carbocycles. The third kappa shape index (κ3) is 3.91. The van der Waals surface area contributed by atoms with Crippen molar-refractivity contribution in [2.45, 2.75) is 43.2 Å². The van der Waals surface area contributed by atoms with Crippen LogP contribution >= 0.6 is 15.9 Å². The molecule has 1 heterocycles. The van der Waals surface area contributed by atoms with Crippen LogP contribution < -0.4 is 0 Å². The third-order valence-electron chi connectivity index (χ3n) is 4.88. The van der Waals surface area contributed by atoms with Gasteiger partial charge in [0, 0.05) is 12.0 Å². The fourth-order valence-corrected chi connectivity index (χ4v) is 4.07. The van der Waals surface area contributed by atoms with Gasteiger partial charge in [0.1, 0.15) is 5.60 Å². The van der Waals surface area contributed by atoms with Crippen LogP contribution in [0.4, 0.5) is 17.6 Å². The highest BCUT2D eigenvalue weighted by molar-refractivity contribution is 9.09. The normalized spacial score (nSPS) is 25.6. The quantitative estimate of drug-likeness (QED) is 0.536. The SMILES string of the molecule is Cc1cc(Cc2cc(F)c(F)c(C3(O)CC(C)OCC3Br)c2)cc(F)c1F. The van der Waals surface area contributed by atoms with Gasteiger partial charge in [-0.1, -0.05) is 22.0 Å². The van der Waals surface area contributed by atoms with Gasteiger partial charge in [0.25, 0.3) is 0 Å². The summed E-state index contributed by atoms with van der Waals surface area (Å²) in [6, 6.07) is 4.87. The van der Waals surface area contributed by atoms with E-state index in [0.29, 0.717) is 11.1 Å². The number of alkyl halides is 1. The van der Waals surface area contributed by atoms with E-state index in [1.165, 1.54) is 19.1 Å². The summed E-state index contributed by atoms with van der Waals surface area (Å²) in [4.78, 5) is -0.615. The van der Waals surface area contributed by atoms with Gasteiger partial charge in [-0.05, 0) is 55.2 Å². The molecule has 0 spiro atoms. The molecule has 3 atom stereocenters. The van der Waals surface area contributed by atoms with E-state index in [1.54, 1.807) is 6.92 Å². The zero-order chi connectivity index (χ0) is 19.9. The summed E-state index contributed by atoms with van der Waals surface area (Å²) in [5.41, 5.74) is -0.922. The van der Waals surface area contributed by atoms with Crippen LogP contribution in [0.5, 0.6) is 0 Å². The molecule has 1 N–H and O–H groups in total. The maximum Gasteiger partial charge on any atom is 0.164 e. The molecule has 2 nitrogen and oxygen atoms in total. The van der Waals surface area contributed by atoms with Crippen molar-refractivity contribution < 1.29 is 27.4 Å². The van der Waals surface area contributed by atoms with Gasteiger partial charge in [0.15, 0.2) is 23.3 Å². The summed E-state index contributed by atoms with van der Waals surface area (Å²) in [6.45, 7) is 3.32. The zero-order valence-corrected chi connectivity index (χ0v) is 16.4. The fraction of sp³-hybridized carbons (Fsp3) is 0.400. The number of hydrogen-bond acceptors (Lipinski definition) is 2. The van der Waals surface area contributed by atoms with Crippen molar-refractivity contribution >= 4 is 15.9 Å². The van der Waals surface area contributed by atoms with Crippen LogP contribution in [-0.2, 0) is 16.8 Å². The van der Waals surface area contributed by atoms with Crippen LogP contribution in [0.3, 0.4) is 0 Å². The van der Waals surface area contributed by atoms with Crippen molar-refractivity contribution in [3.8, 4) is 0 Å². The van der Waals surface area contributed by atoms with Gasteiger partial charge >= 0.3 is 0 Å². The number of benzene rings is 2. The van der Waals surface area contributed by atoms with Crippen molar-refractivity contribution in [3.63, 3.8) is 0 Å². The molecule has 1 saturated heterocycles. The first-order valence-electron chi connectivity index (χ1n) is 8.52. The summed E-state index contributed by atoms with van der Waals surface area (Å²) in [5.74, 6) is -4.15. The molecule has 0 aliphatic carbocycles. The lowest BCUT2D eigenvalue weighted by Crippen LogP contribution is -2.47. The summed E-state index contributed by atoms with van der Waals surface area (Å²) < 4.78 is 61.3. The summed E-state index contributed by atoms with van der Waals surface area (Å²) in [5, 5.41) is 11.1. The van der Waals surface area contributed by atoms with Crippen LogP contribution in [0.1, 0.15) is 35.6 Å². The Labute approximate surface area is 163 Å². The average Bonchev–Trinajstić information content (AvgIpc) is 2.59. The molecular weight excluding hydrogens is 428 g/mol. The number of halogens is 5. The zero-order valence-electron chi connectivity index (χ0n) is 14.8. The number of hydrogen-bond donors (Lipinski definition) is 1. The summed E-state index contributed by atoms with van der Waals surface area (Å²) in [7, 11) is 0. The molecule has 7 heteroatoms. The number of ether oxygens (including phenoxy) is 1. The third-order valence-corrected chi connectivity index (χ3v) is 5.90. The van der Waals surface area contributed by atoms with Gasteiger partial charge in [0.05, 0.1) is 17.5 Å². The summed E-state index contributed by atoms with van der Waals surface area (Å²) >= 11 is 3.30. The smallest absolute Gasteiger partial charge is 0.164 e. The van der Waals surface area contributed by atoms with Crippen molar-refractivity contribution in [2.24, 2.45) is 0 Å². The van der Waals surface area contributed by atoms with Crippen LogP contribution in [0.25, 0.3) is 0 Å². The second-order valence-corrected chi connectivity index (χ2v) is 8.17. The minimum Gasteiger partial charge on any atom is -0.384 e. The van der Waals surface area contributed by atoms with Crippen molar-refractivity contribution in [3.05, 3.63) is 69.8 Å². The Morgan fingerprint density at radius 1 is 1.07 bits per heavy atom. The molecule has 0 bridgehead atoms. The largest absolute Gasteiger partial charge is 0.384 e. The molecule has 1 aliphatic heterocycles. The highest BCUT2D eigenvalue weighted by Gasteiger charge is 2.44. The first-order valence-corrected chi connectivity index (χ1v) is 9.44.